The molecule has 0 radical (unpaired) electrons. The third kappa shape index (κ3) is 4.28. The monoisotopic (exact) mass is 376 g/mol. The van der Waals surface area contributed by atoms with Crippen LogP contribution in [0.2, 0.25) is 0 Å². The maximum Gasteiger partial charge on any atom is 0.322 e. The molecule has 134 valence electrons. The smallest absolute Gasteiger partial charge is 0.322 e. The summed E-state index contributed by atoms with van der Waals surface area (Å²) in [6.07, 6.45) is 1.24. The molecule has 0 atom stereocenters. The molecule has 26 heavy (non-hydrogen) atoms. The first kappa shape index (κ1) is 17.7. The summed E-state index contributed by atoms with van der Waals surface area (Å²) in [7, 11) is -3.71. The largest absolute Gasteiger partial charge is 0.401 e. The van der Waals surface area contributed by atoms with Gasteiger partial charge < -0.3 is 4.42 Å². The lowest BCUT2D eigenvalue weighted by molar-refractivity contribution is -0.115. The zero-order valence-electron chi connectivity index (χ0n) is 13.3. The summed E-state index contributed by atoms with van der Waals surface area (Å²) in [5, 5.41) is 9.76. The number of hydrogen-bond acceptors (Lipinski definition) is 7. The Kier molecular flexibility index (Phi) is 5.03. The number of aromatic nitrogens is 3. The summed E-state index contributed by atoms with van der Waals surface area (Å²) in [6.45, 7) is 0. The number of benzene rings is 1. The highest BCUT2D eigenvalue weighted by molar-refractivity contribution is 7.91. The average Bonchev–Trinajstić information content (AvgIpc) is 3.10. The van der Waals surface area contributed by atoms with Crippen molar-refractivity contribution in [3.63, 3.8) is 0 Å². The van der Waals surface area contributed by atoms with Crippen LogP contribution in [-0.2, 0) is 14.6 Å². The molecule has 1 amide bonds. The molecule has 0 unspecified atom stereocenters. The minimum atomic E-state index is -3.71. The van der Waals surface area contributed by atoms with Crippen LogP contribution in [0.15, 0.2) is 58.0 Å². The summed E-state index contributed by atoms with van der Waals surface area (Å²) in [4.78, 5) is 15.9. The van der Waals surface area contributed by atoms with Gasteiger partial charge >= 0.3 is 6.01 Å². The van der Waals surface area contributed by atoms with Crippen LogP contribution < -0.4 is 5.32 Å². The fraction of sp³-hybridized carbons (Fsp3) is 0.125. The van der Waals surface area contributed by atoms with Gasteiger partial charge in [0.05, 0.1) is 10.6 Å². The molecule has 0 fully saturated rings. The fourth-order valence-electron chi connectivity index (χ4n) is 2.04. The van der Waals surface area contributed by atoms with Crippen molar-refractivity contribution in [1.82, 2.24) is 15.2 Å². The maximum atomic E-state index is 12.9. The van der Waals surface area contributed by atoms with Crippen LogP contribution in [0.1, 0.15) is 6.42 Å². The first-order valence-corrected chi connectivity index (χ1v) is 9.12. The highest BCUT2D eigenvalue weighted by Crippen LogP contribution is 2.17. The Morgan fingerprint density at radius 2 is 1.88 bits per heavy atom. The van der Waals surface area contributed by atoms with E-state index in [-0.39, 0.29) is 23.2 Å². The molecule has 0 aliphatic carbocycles. The summed E-state index contributed by atoms with van der Waals surface area (Å²) >= 11 is 0. The second-order valence-corrected chi connectivity index (χ2v) is 7.31. The van der Waals surface area contributed by atoms with Gasteiger partial charge in [0.2, 0.25) is 5.91 Å². The molecule has 0 saturated carbocycles. The Balaban J connectivity index is 1.59. The first-order valence-electron chi connectivity index (χ1n) is 7.47. The van der Waals surface area contributed by atoms with Gasteiger partial charge in [-0.2, -0.15) is 0 Å². The fourth-order valence-corrected chi connectivity index (χ4v) is 3.28. The van der Waals surface area contributed by atoms with Gasteiger partial charge in [0.25, 0.3) is 5.89 Å². The Morgan fingerprint density at radius 3 is 2.58 bits per heavy atom. The number of rotatable bonds is 6. The Labute approximate surface area is 148 Å². The zero-order valence-corrected chi connectivity index (χ0v) is 14.1. The number of sulfone groups is 1. The van der Waals surface area contributed by atoms with Crippen LogP contribution >= 0.6 is 0 Å². The molecule has 1 N–H and O–H groups in total. The second kappa shape index (κ2) is 7.40. The lowest BCUT2D eigenvalue weighted by Crippen LogP contribution is -2.17. The van der Waals surface area contributed by atoms with Crippen molar-refractivity contribution in [2.75, 3.05) is 11.1 Å². The lowest BCUT2D eigenvalue weighted by atomic mass is 10.3. The summed E-state index contributed by atoms with van der Waals surface area (Å²) in [5.74, 6) is -1.46. The second-order valence-electron chi connectivity index (χ2n) is 5.20. The van der Waals surface area contributed by atoms with Gasteiger partial charge in [-0.25, -0.2) is 12.8 Å². The van der Waals surface area contributed by atoms with E-state index in [1.165, 1.54) is 0 Å². The van der Waals surface area contributed by atoms with E-state index in [0.29, 0.717) is 5.69 Å². The Bertz CT molecular complexity index is 1000. The molecule has 0 aliphatic heterocycles. The molecular weight excluding hydrogens is 363 g/mol. The van der Waals surface area contributed by atoms with E-state index in [1.54, 1.807) is 24.4 Å². The molecule has 0 saturated heterocycles. The molecular formula is C16H13FN4O4S. The summed E-state index contributed by atoms with van der Waals surface area (Å²) < 4.78 is 42.4. The number of nitrogens with zero attached hydrogens (tertiary/aromatic N) is 3. The highest BCUT2D eigenvalue weighted by Gasteiger charge is 2.18. The number of pyridine rings is 1. The van der Waals surface area contributed by atoms with Gasteiger partial charge in [0.1, 0.15) is 11.5 Å². The Hall–Kier alpha value is -3.14. The van der Waals surface area contributed by atoms with Crippen LogP contribution in [0.4, 0.5) is 10.4 Å². The minimum Gasteiger partial charge on any atom is -0.401 e. The van der Waals surface area contributed by atoms with Crippen molar-refractivity contribution in [2.45, 2.75) is 11.3 Å². The molecule has 0 spiro atoms. The molecule has 2 aromatic heterocycles. The van der Waals surface area contributed by atoms with Crippen LogP contribution in [0.3, 0.4) is 0 Å². The standard InChI is InChI=1S/C16H13FN4O4S/c17-11-4-6-12(7-5-11)26(23,24)10-8-14(22)19-16-21-20-15(25-16)13-3-1-2-9-18-13/h1-7,9H,8,10H2,(H,19,21,22). The van der Waals surface area contributed by atoms with Crippen molar-refractivity contribution in [3.8, 4) is 11.6 Å². The van der Waals surface area contributed by atoms with Crippen molar-refractivity contribution < 1.29 is 22.0 Å². The predicted molar refractivity (Wildman–Crippen MR) is 89.2 cm³/mol. The number of carbonyl (C=O) groups is 1. The molecule has 3 aromatic rings. The van der Waals surface area contributed by atoms with Gasteiger partial charge in [-0.05, 0) is 36.4 Å². The average molecular weight is 376 g/mol. The Morgan fingerprint density at radius 1 is 1.12 bits per heavy atom. The molecule has 0 aliphatic rings. The number of carbonyl (C=O) groups excluding carboxylic acids is 1. The van der Waals surface area contributed by atoms with Crippen LogP contribution in [0, 0.1) is 5.82 Å². The number of hydrogen-bond donors (Lipinski definition) is 1. The minimum absolute atomic E-state index is 0.0538. The van der Waals surface area contributed by atoms with E-state index < -0.39 is 27.3 Å². The van der Waals surface area contributed by atoms with Crippen molar-refractivity contribution in [1.29, 1.82) is 0 Å². The first-order chi connectivity index (χ1) is 12.4. The molecule has 1 aromatic carbocycles. The lowest BCUT2D eigenvalue weighted by Gasteiger charge is -2.04. The van der Waals surface area contributed by atoms with E-state index in [1.807, 2.05) is 0 Å². The van der Waals surface area contributed by atoms with E-state index in [9.17, 15) is 17.6 Å². The van der Waals surface area contributed by atoms with Crippen molar-refractivity contribution in [3.05, 3.63) is 54.5 Å². The highest BCUT2D eigenvalue weighted by atomic mass is 32.2. The maximum absolute atomic E-state index is 12.9. The van der Waals surface area contributed by atoms with Crippen LogP contribution in [0.5, 0.6) is 0 Å². The third-order valence-corrected chi connectivity index (χ3v) is 5.06. The molecule has 0 bridgehead atoms. The normalized spacial score (nSPS) is 11.3. The van der Waals surface area contributed by atoms with E-state index >= 15 is 0 Å². The van der Waals surface area contributed by atoms with Gasteiger partial charge in [-0.1, -0.05) is 11.2 Å². The molecule has 10 heteroatoms. The van der Waals surface area contributed by atoms with Gasteiger partial charge in [0, 0.05) is 12.6 Å². The van der Waals surface area contributed by atoms with Crippen LogP contribution in [0.25, 0.3) is 11.6 Å². The summed E-state index contributed by atoms with van der Waals surface area (Å²) in [6, 6.07) is 9.37. The quantitative estimate of drug-likeness (QED) is 0.655. The SMILES string of the molecule is O=C(CCS(=O)(=O)c1ccc(F)cc1)Nc1nnc(-c2ccccn2)o1. The van der Waals surface area contributed by atoms with Gasteiger partial charge in [-0.15, -0.1) is 5.10 Å². The van der Waals surface area contributed by atoms with Crippen molar-refractivity contribution in [2.24, 2.45) is 0 Å². The molecule has 3 rings (SSSR count). The molecule has 8 nitrogen and oxygen atoms in total. The topological polar surface area (TPSA) is 115 Å². The van der Waals surface area contributed by atoms with Crippen molar-refractivity contribution >= 4 is 21.8 Å². The number of halogens is 1. The third-order valence-electron chi connectivity index (χ3n) is 3.33. The molecule has 2 heterocycles. The summed E-state index contributed by atoms with van der Waals surface area (Å²) in [5.41, 5.74) is 0.444. The number of nitrogens with one attached hydrogen (secondary N) is 1. The van der Waals surface area contributed by atoms with Gasteiger partial charge in [0.15, 0.2) is 9.84 Å². The van der Waals surface area contributed by atoms with E-state index in [0.717, 1.165) is 24.3 Å². The predicted octanol–water partition coefficient (Wildman–Crippen LogP) is 2.07. The van der Waals surface area contributed by atoms with Crippen LogP contribution in [-0.4, -0.2) is 35.3 Å². The van der Waals surface area contributed by atoms with E-state index in [2.05, 4.69) is 20.5 Å². The zero-order chi connectivity index (χ0) is 18.6. The number of amides is 1. The van der Waals surface area contributed by atoms with E-state index in [4.69, 9.17) is 4.42 Å². The number of anilines is 1. The van der Waals surface area contributed by atoms with Gasteiger partial charge in [-0.3, -0.25) is 15.1 Å².